The summed E-state index contributed by atoms with van der Waals surface area (Å²) >= 11 is 2.91. The number of carbonyl (C=O) groups excluding carboxylic acids is 2. The molecule has 13 heteroatoms. The summed E-state index contributed by atoms with van der Waals surface area (Å²) in [6, 6.07) is 9.33. The topological polar surface area (TPSA) is 109 Å². The van der Waals surface area contributed by atoms with Gasteiger partial charge >= 0.3 is 6.18 Å². The molecule has 224 valence electrons. The molecule has 2 amide bonds. The van der Waals surface area contributed by atoms with Crippen LogP contribution in [0, 0.1) is 5.92 Å². The lowest BCUT2D eigenvalue weighted by molar-refractivity contribution is -0.138. The molecule has 2 aromatic carbocycles. The first-order valence-electron chi connectivity index (χ1n) is 13.6. The van der Waals surface area contributed by atoms with Gasteiger partial charge in [0, 0.05) is 40.5 Å². The standard InChI is InChI=1S/C30H28BrF3N6O3/c1-15(2)23-13-36-25(37-23)26-38-24-14-39(28(42)18-7-10-22(31)21(12-18)30(32,33)34)16(3)11-20(24)29(43)40(26)19-8-5-17(6-9-19)27(41)35-4/h5-10,12-13,15-16,25H,11,14H2,1-4H3,(H,35,41). The highest BCUT2D eigenvalue weighted by Crippen LogP contribution is 2.36. The van der Waals surface area contributed by atoms with Gasteiger partial charge in [-0.2, -0.15) is 13.2 Å². The number of aliphatic imine (C=N–C) groups is 2. The fourth-order valence-corrected chi connectivity index (χ4v) is 5.57. The van der Waals surface area contributed by atoms with Crippen molar-refractivity contribution in [3.05, 3.63) is 91.1 Å². The lowest BCUT2D eigenvalue weighted by atomic mass is 9.98. The van der Waals surface area contributed by atoms with Crippen LogP contribution in [0.1, 0.15) is 70.3 Å². The van der Waals surface area contributed by atoms with Crippen molar-refractivity contribution in [1.82, 2.24) is 19.8 Å². The predicted octanol–water partition coefficient (Wildman–Crippen LogP) is 5.14. The molecule has 2 aliphatic heterocycles. The molecule has 2 unspecified atom stereocenters. The monoisotopic (exact) mass is 656 g/mol. The Morgan fingerprint density at radius 1 is 1.09 bits per heavy atom. The lowest BCUT2D eigenvalue weighted by Crippen LogP contribution is -2.46. The summed E-state index contributed by atoms with van der Waals surface area (Å²) in [7, 11) is 1.52. The van der Waals surface area contributed by atoms with E-state index in [0.717, 1.165) is 11.8 Å². The van der Waals surface area contributed by atoms with Gasteiger partial charge in [0.1, 0.15) is 0 Å². The van der Waals surface area contributed by atoms with Crippen molar-refractivity contribution in [3.63, 3.8) is 0 Å². The second-order valence-electron chi connectivity index (χ2n) is 10.7. The number of nitrogens with zero attached hydrogens (tertiary/aromatic N) is 5. The quantitative estimate of drug-likeness (QED) is 0.410. The Kier molecular flexibility index (Phi) is 8.12. The fraction of sp³-hybridized carbons (Fsp3) is 0.333. The van der Waals surface area contributed by atoms with E-state index in [1.807, 2.05) is 13.8 Å². The molecule has 0 bridgehead atoms. The van der Waals surface area contributed by atoms with Crippen molar-refractivity contribution in [2.24, 2.45) is 15.9 Å². The number of benzene rings is 2. The number of rotatable bonds is 5. The highest BCUT2D eigenvalue weighted by molar-refractivity contribution is 9.10. The van der Waals surface area contributed by atoms with Crippen molar-refractivity contribution >= 4 is 39.7 Å². The molecule has 0 saturated heterocycles. The lowest BCUT2D eigenvalue weighted by Gasteiger charge is -2.35. The largest absolute Gasteiger partial charge is 0.417 e. The Bertz CT molecular complexity index is 1730. The van der Waals surface area contributed by atoms with Gasteiger partial charge in [-0.1, -0.05) is 29.8 Å². The molecule has 0 aliphatic carbocycles. The van der Waals surface area contributed by atoms with E-state index < -0.39 is 29.9 Å². The minimum absolute atomic E-state index is 0.0807. The first-order valence-corrected chi connectivity index (χ1v) is 14.3. The molecule has 0 fully saturated rings. The zero-order valence-corrected chi connectivity index (χ0v) is 25.3. The molecular formula is C30H28BrF3N6O3. The van der Waals surface area contributed by atoms with Crippen LogP contribution >= 0.6 is 15.9 Å². The van der Waals surface area contributed by atoms with Crippen molar-refractivity contribution in [1.29, 1.82) is 0 Å². The summed E-state index contributed by atoms with van der Waals surface area (Å²) in [5.74, 6) is -0.568. The van der Waals surface area contributed by atoms with Crippen molar-refractivity contribution in [2.45, 2.75) is 52.1 Å². The molecule has 3 heterocycles. The van der Waals surface area contributed by atoms with E-state index in [1.54, 1.807) is 37.4 Å². The number of hydrogen-bond donors (Lipinski definition) is 1. The Balaban J connectivity index is 1.59. The van der Waals surface area contributed by atoms with E-state index in [0.29, 0.717) is 22.5 Å². The molecule has 0 spiro atoms. The normalized spacial score (nSPS) is 18.1. The summed E-state index contributed by atoms with van der Waals surface area (Å²) in [5.41, 5.74) is 0.896. The first kappa shape index (κ1) is 30.3. The molecule has 1 N–H and O–H groups in total. The second kappa shape index (κ2) is 11.5. The van der Waals surface area contributed by atoms with Gasteiger partial charge in [0.05, 0.1) is 29.2 Å². The van der Waals surface area contributed by atoms with Crippen molar-refractivity contribution < 1.29 is 22.8 Å². The number of carbonyl (C=O) groups is 2. The highest BCUT2D eigenvalue weighted by atomic mass is 79.9. The molecule has 1 aromatic heterocycles. The van der Waals surface area contributed by atoms with Crippen molar-refractivity contribution in [3.8, 4) is 5.69 Å². The zero-order chi connectivity index (χ0) is 31.2. The van der Waals surface area contributed by atoms with Crippen LogP contribution in [0.5, 0.6) is 0 Å². The molecule has 0 saturated carbocycles. The molecule has 5 rings (SSSR count). The van der Waals surface area contributed by atoms with Crippen LogP contribution in [-0.4, -0.2) is 51.3 Å². The minimum atomic E-state index is -4.65. The molecule has 9 nitrogen and oxygen atoms in total. The SMILES string of the molecule is CNC(=O)c1ccc(-n2c(C3N=CC(C(C)C)=N3)nc3c(c2=O)CC(C)N(C(=O)c2ccc(Br)c(C(F)(F)F)c2)C3)cc1. The Labute approximate surface area is 253 Å². The summed E-state index contributed by atoms with van der Waals surface area (Å²) < 4.78 is 41.9. The molecule has 0 radical (unpaired) electrons. The number of halogens is 4. The predicted molar refractivity (Wildman–Crippen MR) is 159 cm³/mol. The molecular weight excluding hydrogens is 629 g/mol. The molecule has 2 aliphatic rings. The third kappa shape index (κ3) is 5.77. The number of fused-ring (bicyclic) bond motifs is 1. The summed E-state index contributed by atoms with van der Waals surface area (Å²) in [5, 5.41) is 2.56. The van der Waals surface area contributed by atoms with E-state index >= 15 is 0 Å². The summed E-state index contributed by atoms with van der Waals surface area (Å²) in [6.07, 6.45) is -3.69. The fourth-order valence-electron chi connectivity index (χ4n) is 5.10. The Morgan fingerprint density at radius 2 is 1.77 bits per heavy atom. The van der Waals surface area contributed by atoms with E-state index in [9.17, 15) is 27.6 Å². The minimum Gasteiger partial charge on any atom is -0.355 e. The van der Waals surface area contributed by atoms with Gasteiger partial charge in [0.15, 0.2) is 12.0 Å². The van der Waals surface area contributed by atoms with E-state index in [4.69, 9.17) is 4.98 Å². The number of aromatic nitrogens is 2. The number of amides is 2. The average molecular weight is 657 g/mol. The average Bonchev–Trinajstić information content (AvgIpc) is 3.47. The summed E-state index contributed by atoms with van der Waals surface area (Å²) in [6.45, 7) is 5.59. The van der Waals surface area contributed by atoms with Gasteiger partial charge in [-0.25, -0.2) is 4.98 Å². The van der Waals surface area contributed by atoms with E-state index in [2.05, 4.69) is 31.2 Å². The van der Waals surface area contributed by atoms with Gasteiger partial charge in [0.2, 0.25) is 0 Å². The maximum atomic E-state index is 14.1. The Hall–Kier alpha value is -4.13. The highest BCUT2D eigenvalue weighted by Gasteiger charge is 2.36. The van der Waals surface area contributed by atoms with E-state index in [-0.39, 0.29) is 46.2 Å². The first-order chi connectivity index (χ1) is 20.3. The van der Waals surface area contributed by atoms with Gasteiger partial charge < -0.3 is 10.2 Å². The van der Waals surface area contributed by atoms with Gasteiger partial charge in [-0.3, -0.25) is 28.9 Å². The molecule has 3 aromatic rings. The second-order valence-corrected chi connectivity index (χ2v) is 11.6. The molecule has 43 heavy (non-hydrogen) atoms. The Morgan fingerprint density at radius 3 is 2.37 bits per heavy atom. The van der Waals surface area contributed by atoms with E-state index in [1.165, 1.54) is 28.6 Å². The van der Waals surface area contributed by atoms with Crippen LogP contribution in [0.2, 0.25) is 0 Å². The van der Waals surface area contributed by atoms with Crippen LogP contribution in [0.3, 0.4) is 0 Å². The molecule has 2 atom stereocenters. The van der Waals surface area contributed by atoms with Crippen LogP contribution in [0.4, 0.5) is 13.2 Å². The summed E-state index contributed by atoms with van der Waals surface area (Å²) in [4.78, 5) is 55.1. The van der Waals surface area contributed by atoms with Crippen LogP contribution in [-0.2, 0) is 19.1 Å². The number of nitrogens with one attached hydrogen (secondary N) is 1. The third-order valence-electron chi connectivity index (χ3n) is 7.48. The van der Waals surface area contributed by atoms with Crippen LogP contribution in [0.25, 0.3) is 5.69 Å². The number of alkyl halides is 3. The van der Waals surface area contributed by atoms with Crippen LogP contribution in [0.15, 0.2) is 61.7 Å². The van der Waals surface area contributed by atoms with Crippen LogP contribution < -0.4 is 10.9 Å². The third-order valence-corrected chi connectivity index (χ3v) is 8.17. The smallest absolute Gasteiger partial charge is 0.355 e. The maximum Gasteiger partial charge on any atom is 0.417 e. The zero-order valence-electron chi connectivity index (χ0n) is 23.7. The maximum absolute atomic E-state index is 14.1. The van der Waals surface area contributed by atoms with Gasteiger partial charge in [-0.05, 0) is 61.7 Å². The van der Waals surface area contributed by atoms with Gasteiger partial charge in [0.25, 0.3) is 17.4 Å². The van der Waals surface area contributed by atoms with Gasteiger partial charge in [-0.15, -0.1) is 0 Å². The number of hydrogen-bond acceptors (Lipinski definition) is 6. The van der Waals surface area contributed by atoms with Crippen molar-refractivity contribution in [2.75, 3.05) is 7.05 Å².